The van der Waals surface area contributed by atoms with E-state index in [1.54, 1.807) is 13.2 Å². The highest BCUT2D eigenvalue weighted by molar-refractivity contribution is 5.89. The summed E-state index contributed by atoms with van der Waals surface area (Å²) in [6, 6.07) is 4.17. The summed E-state index contributed by atoms with van der Waals surface area (Å²) in [4.78, 5) is 12.8. The van der Waals surface area contributed by atoms with Crippen molar-refractivity contribution in [1.82, 2.24) is 0 Å². The lowest BCUT2D eigenvalue weighted by Crippen LogP contribution is -2.72. The second-order valence-corrected chi connectivity index (χ2v) is 8.72. The fourth-order valence-electron chi connectivity index (χ4n) is 6.46. The van der Waals surface area contributed by atoms with Gasteiger partial charge >= 0.3 is 0 Å². The molecule has 0 amide bonds. The van der Waals surface area contributed by atoms with Crippen LogP contribution in [0.15, 0.2) is 24.5 Å². The predicted octanol–water partition coefficient (Wildman–Crippen LogP) is 2.31. The zero-order valence-corrected chi connectivity index (χ0v) is 15.5. The monoisotopic (exact) mass is 356 g/mol. The Morgan fingerprint density at radius 2 is 2.31 bits per heavy atom. The van der Waals surface area contributed by atoms with E-state index in [4.69, 9.17) is 9.47 Å². The molecular formula is C21H26NO4+. The number of piperidine rings is 1. The van der Waals surface area contributed by atoms with Crippen LogP contribution in [0.2, 0.25) is 0 Å². The highest BCUT2D eigenvalue weighted by atomic mass is 16.5. The van der Waals surface area contributed by atoms with Gasteiger partial charge in [0.2, 0.25) is 0 Å². The number of ketones is 1. The number of likely N-dealkylation sites (N-methyl/N-ethyl adjacent to an activating group) is 1. The second-order valence-electron chi connectivity index (χ2n) is 8.72. The van der Waals surface area contributed by atoms with Crippen molar-refractivity contribution in [1.29, 1.82) is 0 Å². The van der Waals surface area contributed by atoms with Gasteiger partial charge in [-0.05, 0) is 18.1 Å². The third-order valence-corrected chi connectivity index (χ3v) is 7.60. The molecule has 2 aliphatic heterocycles. The molecule has 4 aliphatic rings. The van der Waals surface area contributed by atoms with Gasteiger partial charge in [-0.2, -0.15) is 0 Å². The molecule has 0 aromatic heterocycles. The lowest BCUT2D eigenvalue weighted by atomic mass is 9.51. The minimum atomic E-state index is -0.425. The number of carbonyl (C=O) groups excluding carboxylic acids is 1. The van der Waals surface area contributed by atoms with Crippen LogP contribution >= 0.6 is 0 Å². The maximum atomic E-state index is 12.8. The van der Waals surface area contributed by atoms with Crippen molar-refractivity contribution < 1.29 is 23.9 Å². The maximum Gasteiger partial charge on any atom is 0.174 e. The normalized spacial score (nSPS) is 39.2. The van der Waals surface area contributed by atoms with E-state index in [-0.39, 0.29) is 16.9 Å². The smallest absolute Gasteiger partial charge is 0.174 e. The van der Waals surface area contributed by atoms with Crippen LogP contribution in [0.4, 0.5) is 0 Å². The first kappa shape index (κ1) is 16.2. The number of benzene rings is 1. The number of ether oxygens (including phenoxy) is 2. The number of aromatic hydroxyl groups is 1. The minimum absolute atomic E-state index is 0.174. The molecule has 0 radical (unpaired) electrons. The van der Waals surface area contributed by atoms with Crippen LogP contribution in [-0.2, 0) is 21.4 Å². The number of hydrogen-bond donors (Lipinski definition) is 1. The highest BCUT2D eigenvalue weighted by Gasteiger charge is 2.69. The molecule has 5 atom stereocenters. The van der Waals surface area contributed by atoms with E-state index < -0.39 is 6.10 Å². The first-order valence-electron chi connectivity index (χ1n) is 9.51. The van der Waals surface area contributed by atoms with Gasteiger partial charge in [0.1, 0.15) is 12.3 Å². The number of rotatable bonds is 3. The van der Waals surface area contributed by atoms with Gasteiger partial charge in [0.15, 0.2) is 23.4 Å². The third-order valence-electron chi connectivity index (χ3n) is 7.60. The van der Waals surface area contributed by atoms with Crippen LogP contribution in [-0.4, -0.2) is 54.8 Å². The van der Waals surface area contributed by atoms with E-state index in [2.05, 4.69) is 13.6 Å². The molecule has 5 heteroatoms. The number of phenolic OH excluding ortho intramolecular Hbond substituents is 1. The van der Waals surface area contributed by atoms with Crippen molar-refractivity contribution in [2.24, 2.45) is 5.92 Å². The molecule has 5 rings (SSSR count). The summed E-state index contributed by atoms with van der Waals surface area (Å²) in [7, 11) is 3.99. The third kappa shape index (κ3) is 1.77. The first-order chi connectivity index (χ1) is 12.4. The van der Waals surface area contributed by atoms with Crippen molar-refractivity contribution in [3.8, 4) is 11.5 Å². The Bertz CT molecular complexity index is 834. The largest absolute Gasteiger partial charge is 0.504 e. The maximum absolute atomic E-state index is 12.8. The van der Waals surface area contributed by atoms with Crippen LogP contribution < -0.4 is 4.74 Å². The van der Waals surface area contributed by atoms with Gasteiger partial charge in [-0.15, -0.1) is 0 Å². The summed E-state index contributed by atoms with van der Waals surface area (Å²) in [5.41, 5.74) is 2.12. The predicted molar refractivity (Wildman–Crippen MR) is 96.1 cm³/mol. The van der Waals surface area contributed by atoms with Gasteiger partial charge in [-0.3, -0.25) is 4.79 Å². The molecule has 1 aromatic rings. The second kappa shape index (κ2) is 5.03. The Morgan fingerprint density at radius 1 is 1.50 bits per heavy atom. The van der Waals surface area contributed by atoms with Crippen LogP contribution in [0, 0.1) is 5.92 Å². The Morgan fingerprint density at radius 3 is 3.08 bits per heavy atom. The molecule has 2 heterocycles. The zero-order valence-electron chi connectivity index (χ0n) is 15.5. The molecule has 1 spiro atoms. The Labute approximate surface area is 153 Å². The summed E-state index contributed by atoms with van der Waals surface area (Å²) >= 11 is 0. The Hall–Kier alpha value is -2.01. The van der Waals surface area contributed by atoms with Gasteiger partial charge in [0.25, 0.3) is 0 Å². The SMILES string of the molecule is C=C(C[N@+]1(C)CC[C@]23c4c5ccc(O)c4O[C@H]2C(=O)CC[C@H]3[C@H]1C5)OC. The molecular weight excluding hydrogens is 330 g/mol. The number of quaternary nitrogens is 1. The quantitative estimate of drug-likeness (QED) is 0.667. The van der Waals surface area contributed by atoms with E-state index in [1.807, 2.05) is 6.07 Å². The highest BCUT2D eigenvalue weighted by Crippen LogP contribution is 2.64. The molecule has 1 saturated carbocycles. The molecule has 2 aliphatic carbocycles. The average molecular weight is 356 g/mol. The van der Waals surface area contributed by atoms with Gasteiger partial charge in [0, 0.05) is 30.7 Å². The molecule has 1 saturated heterocycles. The van der Waals surface area contributed by atoms with Crippen molar-refractivity contribution >= 4 is 5.78 Å². The van der Waals surface area contributed by atoms with Crippen LogP contribution in [0.25, 0.3) is 0 Å². The van der Waals surface area contributed by atoms with Crippen LogP contribution in [0.3, 0.4) is 0 Å². The van der Waals surface area contributed by atoms with E-state index in [9.17, 15) is 9.90 Å². The summed E-state index contributed by atoms with van der Waals surface area (Å²) in [6.45, 7) is 5.83. The van der Waals surface area contributed by atoms with E-state index in [0.717, 1.165) is 48.2 Å². The average Bonchev–Trinajstić information content (AvgIpc) is 2.98. The number of likely N-dealkylation sites (tertiary alicyclic amines) is 1. The Kier molecular flexibility index (Phi) is 3.13. The number of Topliss-reactive ketones (excluding diaryl/α,β-unsaturated/α-hetero) is 1. The van der Waals surface area contributed by atoms with Crippen molar-refractivity contribution in [3.05, 3.63) is 35.6 Å². The van der Waals surface area contributed by atoms with E-state index in [0.29, 0.717) is 24.1 Å². The fraction of sp³-hybridized carbons (Fsp3) is 0.571. The molecule has 2 bridgehead atoms. The van der Waals surface area contributed by atoms with Crippen molar-refractivity contribution in [2.45, 2.75) is 43.2 Å². The number of hydrogen-bond acceptors (Lipinski definition) is 4. The molecule has 138 valence electrons. The molecule has 1 N–H and O–H groups in total. The summed E-state index contributed by atoms with van der Waals surface area (Å²) < 4.78 is 12.4. The summed E-state index contributed by atoms with van der Waals surface area (Å²) in [5, 5.41) is 10.4. The van der Waals surface area contributed by atoms with Crippen LogP contribution in [0.1, 0.15) is 30.4 Å². The van der Waals surface area contributed by atoms with Crippen molar-refractivity contribution in [3.63, 3.8) is 0 Å². The number of phenols is 1. The van der Waals surface area contributed by atoms with E-state index in [1.165, 1.54) is 5.56 Å². The topological polar surface area (TPSA) is 55.8 Å². The number of carbonyl (C=O) groups is 1. The number of nitrogens with zero attached hydrogens (tertiary/aromatic N) is 1. The lowest BCUT2D eigenvalue weighted by Gasteiger charge is -2.60. The molecule has 26 heavy (non-hydrogen) atoms. The standard InChI is InChI=1S/C21H25NO4/c1-12(25-3)11-22(2)9-8-21-14-5-7-17(24)20(21)26-19-16(23)6-4-13(18(19)21)10-15(14)22/h4,6,14-15,20H,1,5,7-11H2,2-3H3/p+1/t14-,15+,20-,21-,22-/m0/s1. The lowest BCUT2D eigenvalue weighted by molar-refractivity contribution is -0.942. The van der Waals surface area contributed by atoms with Crippen molar-refractivity contribution in [2.75, 3.05) is 27.2 Å². The summed E-state index contributed by atoms with van der Waals surface area (Å²) in [6.07, 6.45) is 2.91. The molecule has 1 aromatic carbocycles. The van der Waals surface area contributed by atoms with E-state index >= 15 is 0 Å². The summed E-state index contributed by atoms with van der Waals surface area (Å²) in [5.74, 6) is 2.15. The zero-order chi connectivity index (χ0) is 18.3. The molecule has 2 fully saturated rings. The Balaban J connectivity index is 1.69. The first-order valence-corrected chi connectivity index (χ1v) is 9.51. The molecule has 5 nitrogen and oxygen atoms in total. The minimum Gasteiger partial charge on any atom is -0.504 e. The van der Waals surface area contributed by atoms with Gasteiger partial charge in [-0.1, -0.05) is 12.6 Å². The van der Waals surface area contributed by atoms with Gasteiger partial charge < -0.3 is 19.1 Å². The van der Waals surface area contributed by atoms with Gasteiger partial charge in [-0.25, -0.2) is 0 Å². The van der Waals surface area contributed by atoms with Crippen LogP contribution in [0.5, 0.6) is 11.5 Å². The number of methoxy groups -OCH3 is 1. The molecule has 0 unspecified atom stereocenters. The van der Waals surface area contributed by atoms with Gasteiger partial charge in [0.05, 0.1) is 32.2 Å². The fourth-order valence-corrected chi connectivity index (χ4v) is 6.46.